The van der Waals surface area contributed by atoms with Crippen LogP contribution in [0.25, 0.3) is 0 Å². The van der Waals surface area contributed by atoms with Gasteiger partial charge in [-0.2, -0.15) is 0 Å². The van der Waals surface area contributed by atoms with Crippen LogP contribution in [0.3, 0.4) is 0 Å². The predicted octanol–water partition coefficient (Wildman–Crippen LogP) is 3.22. The van der Waals surface area contributed by atoms with E-state index in [1.807, 2.05) is 30.5 Å². The van der Waals surface area contributed by atoms with Crippen molar-refractivity contribution in [2.24, 2.45) is 5.73 Å². The van der Waals surface area contributed by atoms with Crippen LogP contribution in [0.2, 0.25) is 0 Å². The molecule has 0 bridgehead atoms. The SMILES string of the molecule is CCCCOc1ccc(C2CCN(S(=O)(=O)C3(C(N)=O)CCN(Cc4ccc[nH]4)CC3)CC2)cc1. The van der Waals surface area contributed by atoms with E-state index in [2.05, 4.69) is 28.9 Å². The van der Waals surface area contributed by atoms with Crippen molar-refractivity contribution in [3.05, 3.63) is 53.9 Å². The molecule has 2 aromatic rings. The molecule has 2 fully saturated rings. The smallest absolute Gasteiger partial charge is 0.240 e. The number of primary amides is 1. The van der Waals surface area contributed by atoms with E-state index in [1.165, 1.54) is 9.87 Å². The first-order valence-electron chi connectivity index (χ1n) is 12.7. The molecule has 1 aromatic carbocycles. The molecule has 0 atom stereocenters. The summed E-state index contributed by atoms with van der Waals surface area (Å²) in [7, 11) is -3.85. The van der Waals surface area contributed by atoms with E-state index in [-0.39, 0.29) is 12.8 Å². The van der Waals surface area contributed by atoms with Gasteiger partial charge in [0.15, 0.2) is 4.75 Å². The van der Waals surface area contributed by atoms with Gasteiger partial charge in [-0.3, -0.25) is 9.69 Å². The molecule has 0 unspecified atom stereocenters. The minimum absolute atomic E-state index is 0.227. The lowest BCUT2D eigenvalue weighted by Crippen LogP contribution is -2.61. The van der Waals surface area contributed by atoms with E-state index in [0.29, 0.717) is 38.6 Å². The molecule has 1 aromatic heterocycles. The number of benzene rings is 1. The number of rotatable bonds is 10. The molecule has 0 saturated carbocycles. The quantitative estimate of drug-likeness (QED) is 0.485. The van der Waals surface area contributed by atoms with Gasteiger partial charge in [0.05, 0.1) is 6.61 Å². The molecule has 2 aliphatic rings. The zero-order valence-electron chi connectivity index (χ0n) is 20.6. The van der Waals surface area contributed by atoms with Crippen LogP contribution < -0.4 is 10.5 Å². The summed E-state index contributed by atoms with van der Waals surface area (Å²) >= 11 is 0. The number of sulfonamides is 1. The Labute approximate surface area is 208 Å². The van der Waals surface area contributed by atoms with Gasteiger partial charge in [-0.15, -0.1) is 0 Å². The number of hydrogen-bond acceptors (Lipinski definition) is 5. The lowest BCUT2D eigenvalue weighted by atomic mass is 9.90. The number of nitrogens with one attached hydrogen (secondary N) is 1. The molecule has 3 N–H and O–H groups in total. The van der Waals surface area contributed by atoms with Crippen molar-refractivity contribution in [3.63, 3.8) is 0 Å². The molecule has 2 saturated heterocycles. The van der Waals surface area contributed by atoms with Gasteiger partial charge < -0.3 is 15.5 Å². The second-order valence-electron chi connectivity index (χ2n) is 9.78. The summed E-state index contributed by atoms with van der Waals surface area (Å²) in [4.78, 5) is 17.9. The minimum Gasteiger partial charge on any atom is -0.494 e. The van der Waals surface area contributed by atoms with Crippen LogP contribution in [0.4, 0.5) is 0 Å². The van der Waals surface area contributed by atoms with Crippen LogP contribution in [0.1, 0.15) is 62.6 Å². The third-order valence-electron chi connectivity index (χ3n) is 7.57. The fourth-order valence-corrected chi connectivity index (χ4v) is 7.40. The van der Waals surface area contributed by atoms with Gasteiger partial charge in [0.2, 0.25) is 15.9 Å². The molecule has 8 nitrogen and oxygen atoms in total. The number of aromatic amines is 1. The fraction of sp³-hybridized carbons (Fsp3) is 0.577. The van der Waals surface area contributed by atoms with Gasteiger partial charge in [0.1, 0.15) is 5.75 Å². The number of piperidine rings is 2. The van der Waals surface area contributed by atoms with Crippen LogP contribution >= 0.6 is 0 Å². The molecule has 9 heteroatoms. The van der Waals surface area contributed by atoms with Crippen molar-refractivity contribution in [2.75, 3.05) is 32.8 Å². The average Bonchev–Trinajstić information content (AvgIpc) is 3.38. The monoisotopic (exact) mass is 502 g/mol. The molecule has 0 radical (unpaired) electrons. The molecule has 35 heavy (non-hydrogen) atoms. The average molecular weight is 503 g/mol. The Balaban J connectivity index is 1.36. The summed E-state index contributed by atoms with van der Waals surface area (Å²) in [5.41, 5.74) is 8.04. The van der Waals surface area contributed by atoms with Crippen LogP contribution in [0.5, 0.6) is 5.75 Å². The number of amides is 1. The van der Waals surface area contributed by atoms with Gasteiger partial charge >= 0.3 is 0 Å². The summed E-state index contributed by atoms with van der Waals surface area (Å²) in [5.74, 6) is 0.435. The topological polar surface area (TPSA) is 109 Å². The zero-order chi connectivity index (χ0) is 24.9. The second kappa shape index (κ2) is 11.1. The summed E-state index contributed by atoms with van der Waals surface area (Å²) < 4.78 is 33.2. The molecule has 4 rings (SSSR count). The van der Waals surface area contributed by atoms with E-state index in [0.717, 1.165) is 43.7 Å². The molecule has 0 spiro atoms. The van der Waals surface area contributed by atoms with E-state index < -0.39 is 20.7 Å². The van der Waals surface area contributed by atoms with Gasteiger partial charge in [-0.05, 0) is 67.9 Å². The molecule has 2 aliphatic heterocycles. The lowest BCUT2D eigenvalue weighted by molar-refractivity contribution is -0.121. The minimum atomic E-state index is -3.85. The van der Waals surface area contributed by atoms with Crippen molar-refractivity contribution in [1.82, 2.24) is 14.2 Å². The number of unbranched alkanes of at least 4 members (excludes halogenated alkanes) is 1. The highest BCUT2D eigenvalue weighted by Gasteiger charge is 2.54. The predicted molar refractivity (Wildman–Crippen MR) is 137 cm³/mol. The third kappa shape index (κ3) is 5.57. The van der Waals surface area contributed by atoms with Crippen LogP contribution in [-0.2, 0) is 21.4 Å². The summed E-state index contributed by atoms with van der Waals surface area (Å²) in [6.07, 6.45) is 5.91. The third-order valence-corrected chi connectivity index (χ3v) is 10.2. The van der Waals surface area contributed by atoms with Crippen molar-refractivity contribution < 1.29 is 17.9 Å². The van der Waals surface area contributed by atoms with Gasteiger partial charge in [0, 0.05) is 44.6 Å². The molecule has 192 valence electrons. The van der Waals surface area contributed by atoms with E-state index in [1.54, 1.807) is 0 Å². The van der Waals surface area contributed by atoms with Crippen molar-refractivity contribution in [3.8, 4) is 5.75 Å². The largest absolute Gasteiger partial charge is 0.494 e. The Bertz CT molecular complexity index is 1050. The number of ether oxygens (including phenoxy) is 1. The van der Waals surface area contributed by atoms with Gasteiger partial charge in [-0.1, -0.05) is 25.5 Å². The number of likely N-dealkylation sites (tertiary alicyclic amines) is 1. The van der Waals surface area contributed by atoms with Crippen molar-refractivity contribution in [1.29, 1.82) is 0 Å². The van der Waals surface area contributed by atoms with Crippen LogP contribution in [0, 0.1) is 0 Å². The number of carbonyl (C=O) groups excluding carboxylic acids is 1. The molecular formula is C26H38N4O4S. The highest BCUT2D eigenvalue weighted by atomic mass is 32.2. The first-order chi connectivity index (χ1) is 16.9. The maximum Gasteiger partial charge on any atom is 0.240 e. The second-order valence-corrected chi connectivity index (χ2v) is 12.0. The number of hydrogen-bond donors (Lipinski definition) is 2. The Morgan fingerprint density at radius 1 is 1.11 bits per heavy atom. The van der Waals surface area contributed by atoms with Gasteiger partial charge in [-0.25, -0.2) is 12.7 Å². The first kappa shape index (κ1) is 25.7. The first-order valence-corrected chi connectivity index (χ1v) is 14.2. The van der Waals surface area contributed by atoms with Crippen molar-refractivity contribution in [2.45, 2.75) is 62.7 Å². The maximum atomic E-state index is 13.7. The fourth-order valence-electron chi connectivity index (χ4n) is 5.26. The highest BCUT2D eigenvalue weighted by Crippen LogP contribution is 2.37. The molecular weight excluding hydrogens is 464 g/mol. The normalized spacial score (nSPS) is 20.0. The van der Waals surface area contributed by atoms with E-state index in [9.17, 15) is 13.2 Å². The molecule has 1 amide bonds. The zero-order valence-corrected chi connectivity index (χ0v) is 21.4. The Hall–Kier alpha value is -2.36. The Morgan fingerprint density at radius 2 is 1.80 bits per heavy atom. The summed E-state index contributed by atoms with van der Waals surface area (Å²) in [6.45, 7) is 5.41. The Kier molecular flexibility index (Phi) is 8.19. The number of aromatic nitrogens is 1. The van der Waals surface area contributed by atoms with Gasteiger partial charge in [0.25, 0.3) is 0 Å². The summed E-state index contributed by atoms with van der Waals surface area (Å²) in [6, 6.07) is 12.1. The maximum absolute atomic E-state index is 13.7. The highest BCUT2D eigenvalue weighted by molar-refractivity contribution is 7.91. The lowest BCUT2D eigenvalue weighted by Gasteiger charge is -2.43. The van der Waals surface area contributed by atoms with E-state index in [4.69, 9.17) is 10.5 Å². The Morgan fingerprint density at radius 3 is 2.37 bits per heavy atom. The number of H-pyrrole nitrogens is 1. The number of carbonyl (C=O) groups is 1. The summed E-state index contributed by atoms with van der Waals surface area (Å²) in [5, 5.41) is 0. The van der Waals surface area contributed by atoms with Crippen molar-refractivity contribution >= 4 is 15.9 Å². The number of nitrogens with two attached hydrogens (primary N) is 1. The standard InChI is InChI=1S/C26H38N4O4S/c1-2-3-19-34-24-8-6-21(7-9-24)22-10-15-30(16-11-22)35(32,33)26(25(27)31)12-17-29(18-13-26)20-23-5-4-14-28-23/h4-9,14,22,28H,2-3,10-13,15-20H2,1H3,(H2,27,31). The molecule has 0 aliphatic carbocycles. The van der Waals surface area contributed by atoms with Crippen LogP contribution in [0.15, 0.2) is 42.6 Å². The number of nitrogens with zero attached hydrogens (tertiary/aromatic N) is 2. The molecule has 3 heterocycles. The van der Waals surface area contributed by atoms with E-state index >= 15 is 0 Å². The van der Waals surface area contributed by atoms with Crippen LogP contribution in [-0.4, -0.2) is 66.0 Å².